The minimum Gasteiger partial charge on any atom is -0.394 e. The molecule has 0 saturated heterocycles. The first-order valence-corrected chi connectivity index (χ1v) is 5.93. The number of ether oxygens (including phenoxy) is 1. The van der Waals surface area contributed by atoms with Gasteiger partial charge in [0.2, 0.25) is 0 Å². The van der Waals surface area contributed by atoms with Crippen molar-refractivity contribution in [2.24, 2.45) is 0 Å². The first-order chi connectivity index (χ1) is 7.17. The van der Waals surface area contributed by atoms with Crippen LogP contribution in [0.1, 0.15) is 0 Å². The first kappa shape index (κ1) is 12.9. The molecule has 4 nitrogen and oxygen atoms in total. The zero-order chi connectivity index (χ0) is 11.3. The summed E-state index contributed by atoms with van der Waals surface area (Å²) in [5, 5.41) is 12.1. The average molecular weight is 340 g/mol. The van der Waals surface area contributed by atoms with E-state index in [1.54, 1.807) is 13.3 Å². The number of methoxy groups -OCH3 is 1. The van der Waals surface area contributed by atoms with E-state index in [2.05, 4.69) is 42.2 Å². The van der Waals surface area contributed by atoms with Crippen LogP contribution in [0.3, 0.4) is 0 Å². The quantitative estimate of drug-likeness (QED) is 0.861. The summed E-state index contributed by atoms with van der Waals surface area (Å²) in [7, 11) is 1.59. The Morgan fingerprint density at radius 3 is 2.87 bits per heavy atom. The fraction of sp³-hybridized carbons (Fsp3) is 0.444. The molecule has 84 valence electrons. The van der Waals surface area contributed by atoms with Crippen LogP contribution in [0.25, 0.3) is 0 Å². The molecule has 1 atom stereocenters. The number of hydrogen-bond acceptors (Lipinski definition) is 4. The Bertz CT molecular complexity index is 323. The Morgan fingerprint density at radius 2 is 2.33 bits per heavy atom. The predicted octanol–water partition coefficient (Wildman–Crippen LogP) is 2.03. The van der Waals surface area contributed by atoms with Crippen LogP contribution in [0.4, 0.5) is 5.82 Å². The molecule has 0 aliphatic carbocycles. The summed E-state index contributed by atoms with van der Waals surface area (Å²) in [4.78, 5) is 4.18. The minimum atomic E-state index is -0.153. The van der Waals surface area contributed by atoms with Gasteiger partial charge >= 0.3 is 0 Å². The first-order valence-electron chi connectivity index (χ1n) is 4.34. The van der Waals surface area contributed by atoms with E-state index in [-0.39, 0.29) is 12.6 Å². The number of pyridine rings is 1. The van der Waals surface area contributed by atoms with Gasteiger partial charge in [-0.15, -0.1) is 0 Å². The minimum absolute atomic E-state index is 0.00196. The van der Waals surface area contributed by atoms with E-state index in [0.717, 1.165) is 8.95 Å². The normalized spacial score (nSPS) is 12.5. The zero-order valence-electron chi connectivity index (χ0n) is 8.20. The van der Waals surface area contributed by atoms with Crippen LogP contribution in [0, 0.1) is 0 Å². The van der Waals surface area contributed by atoms with Gasteiger partial charge in [0, 0.05) is 17.8 Å². The van der Waals surface area contributed by atoms with Crippen LogP contribution in [0.2, 0.25) is 0 Å². The molecule has 1 aromatic heterocycles. The molecule has 0 fully saturated rings. The fourth-order valence-corrected chi connectivity index (χ4v) is 2.16. The van der Waals surface area contributed by atoms with E-state index in [4.69, 9.17) is 9.84 Å². The second-order valence-electron chi connectivity index (χ2n) is 2.96. The second kappa shape index (κ2) is 6.42. The highest BCUT2D eigenvalue weighted by atomic mass is 79.9. The molecule has 1 aromatic rings. The van der Waals surface area contributed by atoms with E-state index in [1.165, 1.54) is 0 Å². The highest BCUT2D eigenvalue weighted by Gasteiger charge is 2.09. The topological polar surface area (TPSA) is 54.4 Å². The molecule has 6 heteroatoms. The van der Waals surface area contributed by atoms with Crippen LogP contribution in [-0.2, 0) is 4.74 Å². The van der Waals surface area contributed by atoms with Gasteiger partial charge < -0.3 is 15.2 Å². The second-order valence-corrected chi connectivity index (χ2v) is 4.73. The molecule has 15 heavy (non-hydrogen) atoms. The van der Waals surface area contributed by atoms with Gasteiger partial charge in [0.1, 0.15) is 5.82 Å². The average Bonchev–Trinajstić information content (AvgIpc) is 2.21. The Hall–Kier alpha value is -0.170. The third-order valence-corrected chi connectivity index (χ3v) is 2.78. The maximum atomic E-state index is 9.07. The molecule has 0 radical (unpaired) electrons. The van der Waals surface area contributed by atoms with Gasteiger partial charge in [-0.05, 0) is 37.9 Å². The summed E-state index contributed by atoms with van der Waals surface area (Å²) in [5.41, 5.74) is 0. The van der Waals surface area contributed by atoms with Gasteiger partial charge in [-0.1, -0.05) is 0 Å². The lowest BCUT2D eigenvalue weighted by molar-refractivity contribution is 0.153. The van der Waals surface area contributed by atoms with Crippen molar-refractivity contribution in [3.8, 4) is 0 Å². The lowest BCUT2D eigenvalue weighted by Crippen LogP contribution is -2.29. The number of nitrogens with zero attached hydrogens (tertiary/aromatic N) is 1. The summed E-state index contributed by atoms with van der Waals surface area (Å²) in [6, 6.07) is 1.73. The van der Waals surface area contributed by atoms with Crippen molar-refractivity contribution < 1.29 is 9.84 Å². The van der Waals surface area contributed by atoms with Gasteiger partial charge in [-0.3, -0.25) is 0 Å². The molecule has 1 unspecified atom stereocenters. The Balaban J connectivity index is 2.70. The largest absolute Gasteiger partial charge is 0.394 e. The summed E-state index contributed by atoms with van der Waals surface area (Å²) in [5.74, 6) is 0.689. The van der Waals surface area contributed by atoms with Crippen LogP contribution in [0.5, 0.6) is 0 Å². The number of anilines is 1. The lowest BCUT2D eigenvalue weighted by Gasteiger charge is -2.16. The number of aliphatic hydroxyl groups is 1. The highest BCUT2D eigenvalue weighted by Crippen LogP contribution is 2.23. The van der Waals surface area contributed by atoms with Gasteiger partial charge in [0.15, 0.2) is 0 Å². The van der Waals surface area contributed by atoms with Gasteiger partial charge in [-0.2, -0.15) is 0 Å². The maximum absolute atomic E-state index is 9.07. The van der Waals surface area contributed by atoms with E-state index in [0.29, 0.717) is 12.4 Å². The molecule has 0 bridgehead atoms. The number of aromatic nitrogens is 1. The van der Waals surface area contributed by atoms with Crippen molar-refractivity contribution in [3.63, 3.8) is 0 Å². The Kier molecular flexibility index (Phi) is 5.52. The van der Waals surface area contributed by atoms with Crippen molar-refractivity contribution >= 4 is 37.7 Å². The van der Waals surface area contributed by atoms with Crippen molar-refractivity contribution in [1.29, 1.82) is 0 Å². The zero-order valence-corrected chi connectivity index (χ0v) is 11.4. The van der Waals surface area contributed by atoms with Gasteiger partial charge in [-0.25, -0.2) is 4.98 Å². The van der Waals surface area contributed by atoms with E-state index < -0.39 is 0 Å². The molecule has 1 rings (SSSR count). The third-order valence-electron chi connectivity index (χ3n) is 1.74. The molecule has 1 heterocycles. The van der Waals surface area contributed by atoms with Gasteiger partial charge in [0.05, 0.1) is 23.7 Å². The van der Waals surface area contributed by atoms with Crippen molar-refractivity contribution in [1.82, 2.24) is 4.98 Å². The number of hydrogen-bond donors (Lipinski definition) is 2. The lowest BCUT2D eigenvalue weighted by atomic mass is 10.3. The fourth-order valence-electron chi connectivity index (χ4n) is 1.06. The molecule has 0 aromatic carbocycles. The molecular weight excluding hydrogens is 328 g/mol. The molecule has 2 N–H and O–H groups in total. The smallest absolute Gasteiger partial charge is 0.140 e. The number of aliphatic hydroxyl groups excluding tert-OH is 1. The molecule has 0 spiro atoms. The van der Waals surface area contributed by atoms with Crippen molar-refractivity contribution in [2.75, 3.05) is 25.6 Å². The van der Waals surface area contributed by atoms with Gasteiger partial charge in [0.25, 0.3) is 0 Å². The van der Waals surface area contributed by atoms with Crippen LogP contribution < -0.4 is 5.32 Å². The Morgan fingerprint density at radius 1 is 1.60 bits per heavy atom. The molecular formula is C9H12Br2N2O2. The maximum Gasteiger partial charge on any atom is 0.140 e. The predicted molar refractivity (Wildman–Crippen MR) is 66.0 cm³/mol. The number of halogens is 2. The standard InChI is InChI=1S/C9H12Br2N2O2/c1-15-5-7(4-14)13-9-8(11)2-6(10)3-12-9/h2-3,7,14H,4-5H2,1H3,(H,12,13). The third kappa shape index (κ3) is 4.06. The van der Waals surface area contributed by atoms with E-state index in [9.17, 15) is 0 Å². The number of rotatable bonds is 5. The summed E-state index contributed by atoms with van der Waals surface area (Å²) < 4.78 is 6.69. The van der Waals surface area contributed by atoms with Crippen molar-refractivity contribution in [3.05, 3.63) is 21.2 Å². The summed E-state index contributed by atoms with van der Waals surface area (Å²) in [6.07, 6.45) is 1.69. The van der Waals surface area contributed by atoms with Crippen molar-refractivity contribution in [2.45, 2.75) is 6.04 Å². The summed E-state index contributed by atoms with van der Waals surface area (Å²) in [6.45, 7) is 0.429. The molecule has 0 saturated carbocycles. The van der Waals surface area contributed by atoms with Crippen LogP contribution >= 0.6 is 31.9 Å². The van der Waals surface area contributed by atoms with Crippen LogP contribution in [0.15, 0.2) is 21.2 Å². The van der Waals surface area contributed by atoms with E-state index in [1.807, 2.05) is 6.07 Å². The Labute approximate surface area is 105 Å². The number of nitrogens with one attached hydrogen (secondary N) is 1. The monoisotopic (exact) mass is 338 g/mol. The molecule has 0 amide bonds. The molecule has 0 aliphatic heterocycles. The highest BCUT2D eigenvalue weighted by molar-refractivity contribution is 9.11. The SMILES string of the molecule is COCC(CO)Nc1ncc(Br)cc1Br. The van der Waals surface area contributed by atoms with E-state index >= 15 is 0 Å². The van der Waals surface area contributed by atoms with Crippen LogP contribution in [-0.4, -0.2) is 36.5 Å². The summed E-state index contributed by atoms with van der Waals surface area (Å²) >= 11 is 6.69. The molecule has 0 aliphatic rings.